The van der Waals surface area contributed by atoms with Crippen molar-refractivity contribution in [2.75, 3.05) is 5.32 Å². The Morgan fingerprint density at radius 3 is 2.34 bits per heavy atom. The van der Waals surface area contributed by atoms with Gasteiger partial charge in [-0.3, -0.25) is 4.79 Å². The molecule has 5 nitrogen and oxygen atoms in total. The van der Waals surface area contributed by atoms with Gasteiger partial charge in [0.2, 0.25) is 0 Å². The number of benzene rings is 3. The Morgan fingerprint density at radius 2 is 1.71 bits per heavy atom. The monoisotopic (exact) mass is 603 g/mol. The van der Waals surface area contributed by atoms with Gasteiger partial charge in [0.1, 0.15) is 24.0 Å². The Labute approximate surface area is 215 Å². The molecule has 0 bridgehead atoms. The summed E-state index contributed by atoms with van der Waals surface area (Å²) in [5.74, 6) is -0.408. The second-order valence-corrected chi connectivity index (χ2v) is 8.78. The highest BCUT2D eigenvalue weighted by Crippen LogP contribution is 2.36. The van der Waals surface area contributed by atoms with E-state index in [1.807, 2.05) is 0 Å². The van der Waals surface area contributed by atoms with Crippen LogP contribution in [0.5, 0.6) is 5.75 Å². The fourth-order valence-electron chi connectivity index (χ4n) is 2.99. The van der Waals surface area contributed by atoms with Gasteiger partial charge in [-0.05, 0) is 79.9 Å². The molecule has 0 radical (unpaired) electrons. The molecule has 0 aliphatic carbocycles. The van der Waals surface area contributed by atoms with E-state index in [1.54, 1.807) is 42.5 Å². The summed E-state index contributed by atoms with van der Waals surface area (Å²) in [6.07, 6.45) is -3.26. The van der Waals surface area contributed by atoms with Crippen LogP contribution in [-0.2, 0) is 17.6 Å². The lowest BCUT2D eigenvalue weighted by atomic mass is 10.1. The first-order valence-electron chi connectivity index (χ1n) is 9.82. The van der Waals surface area contributed by atoms with Crippen molar-refractivity contribution < 1.29 is 22.7 Å². The van der Waals surface area contributed by atoms with Crippen LogP contribution in [-0.4, -0.2) is 5.91 Å². The fourth-order valence-corrected chi connectivity index (χ4v) is 4.44. The van der Waals surface area contributed by atoms with E-state index >= 15 is 0 Å². The van der Waals surface area contributed by atoms with Gasteiger partial charge in [0.05, 0.1) is 26.1 Å². The topological polar surface area (TPSA) is 85.9 Å². The number of anilines is 1. The minimum Gasteiger partial charge on any atom is -0.486 e. The number of nitrogens with one attached hydrogen (secondary N) is 1. The molecule has 0 atom stereocenters. The Kier molecular flexibility index (Phi) is 8.34. The maximum Gasteiger partial charge on any atom is 0.416 e. The third kappa shape index (κ3) is 6.72. The summed E-state index contributed by atoms with van der Waals surface area (Å²) < 4.78 is 45.6. The molecule has 3 aromatic rings. The predicted molar refractivity (Wildman–Crippen MR) is 131 cm³/mol. The van der Waals surface area contributed by atoms with E-state index in [-0.39, 0.29) is 17.9 Å². The van der Waals surface area contributed by atoms with Crippen molar-refractivity contribution in [2.24, 2.45) is 0 Å². The molecule has 176 valence electrons. The molecule has 1 N–H and O–H groups in total. The van der Waals surface area contributed by atoms with Gasteiger partial charge in [-0.2, -0.15) is 23.7 Å². The number of ether oxygens (including phenoxy) is 1. The maximum absolute atomic E-state index is 12.9. The lowest BCUT2D eigenvalue weighted by Gasteiger charge is -2.12. The van der Waals surface area contributed by atoms with E-state index < -0.39 is 17.6 Å². The molecular formula is C25H14Br2F3N3O2. The molecule has 0 saturated heterocycles. The molecule has 1 amide bonds. The second-order valence-electron chi connectivity index (χ2n) is 7.07. The number of rotatable bonds is 6. The number of carbonyl (C=O) groups excluding carboxylic acids is 1. The zero-order valence-electron chi connectivity index (χ0n) is 17.7. The minimum atomic E-state index is -4.56. The van der Waals surface area contributed by atoms with Gasteiger partial charge < -0.3 is 10.1 Å². The van der Waals surface area contributed by atoms with Crippen molar-refractivity contribution >= 4 is 49.5 Å². The summed E-state index contributed by atoms with van der Waals surface area (Å²) in [7, 11) is 0. The van der Waals surface area contributed by atoms with Gasteiger partial charge >= 0.3 is 6.18 Å². The molecule has 0 saturated carbocycles. The summed E-state index contributed by atoms with van der Waals surface area (Å²) in [6, 6.07) is 18.2. The van der Waals surface area contributed by atoms with E-state index in [0.717, 1.165) is 18.2 Å². The highest BCUT2D eigenvalue weighted by atomic mass is 79.9. The third-order valence-corrected chi connectivity index (χ3v) is 5.83. The molecule has 0 unspecified atom stereocenters. The summed E-state index contributed by atoms with van der Waals surface area (Å²) in [5, 5.41) is 21.0. The Balaban J connectivity index is 1.79. The van der Waals surface area contributed by atoms with E-state index in [2.05, 4.69) is 43.2 Å². The van der Waals surface area contributed by atoms with Gasteiger partial charge in [0, 0.05) is 11.3 Å². The van der Waals surface area contributed by atoms with Gasteiger partial charge in [0.25, 0.3) is 5.91 Å². The number of nitrogens with zero attached hydrogens (tertiary/aromatic N) is 2. The van der Waals surface area contributed by atoms with Crippen molar-refractivity contribution in [3.8, 4) is 17.9 Å². The molecule has 35 heavy (non-hydrogen) atoms. The number of hydrogen-bond donors (Lipinski definition) is 1. The fraction of sp³-hybridized carbons (Fsp3) is 0.0800. The van der Waals surface area contributed by atoms with E-state index in [4.69, 9.17) is 4.74 Å². The van der Waals surface area contributed by atoms with Gasteiger partial charge in [-0.25, -0.2) is 0 Å². The van der Waals surface area contributed by atoms with Crippen LogP contribution >= 0.6 is 31.9 Å². The largest absolute Gasteiger partial charge is 0.486 e. The molecule has 0 heterocycles. The maximum atomic E-state index is 12.9. The third-order valence-electron chi connectivity index (χ3n) is 4.65. The molecular weight excluding hydrogens is 591 g/mol. The quantitative estimate of drug-likeness (QED) is 0.238. The number of nitriles is 2. The van der Waals surface area contributed by atoms with Crippen LogP contribution in [0.4, 0.5) is 18.9 Å². The van der Waals surface area contributed by atoms with Gasteiger partial charge in [0.15, 0.2) is 0 Å². The van der Waals surface area contributed by atoms with Crippen LogP contribution in [0, 0.1) is 22.7 Å². The number of amides is 1. The summed E-state index contributed by atoms with van der Waals surface area (Å²) in [4.78, 5) is 12.5. The SMILES string of the molecule is N#C/C(=C/c1cc(Br)c(OCc2ccccc2C#N)c(Br)c1)C(=O)Nc1cccc(C(F)(F)F)c1. The Bertz CT molecular complexity index is 1370. The lowest BCUT2D eigenvalue weighted by molar-refractivity contribution is -0.137. The Hall–Kier alpha value is -3.60. The second kappa shape index (κ2) is 11.2. The summed E-state index contributed by atoms with van der Waals surface area (Å²) in [5.41, 5.74) is 0.344. The zero-order chi connectivity index (χ0) is 25.6. The van der Waals surface area contributed by atoms with Crippen molar-refractivity contribution in [1.82, 2.24) is 0 Å². The van der Waals surface area contributed by atoms with Gasteiger partial charge in [-0.15, -0.1) is 0 Å². The molecule has 0 aromatic heterocycles. The zero-order valence-corrected chi connectivity index (χ0v) is 20.8. The normalized spacial score (nSPS) is 11.3. The molecule has 0 spiro atoms. The average molecular weight is 605 g/mol. The average Bonchev–Trinajstić information content (AvgIpc) is 2.81. The first-order chi connectivity index (χ1) is 16.6. The van der Waals surface area contributed by atoms with Crippen LogP contribution in [0.25, 0.3) is 6.08 Å². The number of halogens is 5. The first-order valence-corrected chi connectivity index (χ1v) is 11.4. The van der Waals surface area contributed by atoms with Crippen molar-refractivity contribution in [3.05, 3.63) is 97.4 Å². The van der Waals surface area contributed by atoms with Crippen LogP contribution in [0.1, 0.15) is 22.3 Å². The minimum absolute atomic E-state index is 0.0882. The highest BCUT2D eigenvalue weighted by Gasteiger charge is 2.30. The Morgan fingerprint density at radius 1 is 1.03 bits per heavy atom. The number of alkyl halides is 3. The number of carbonyl (C=O) groups is 1. The molecule has 0 aliphatic rings. The van der Waals surface area contributed by atoms with Crippen molar-refractivity contribution in [1.29, 1.82) is 10.5 Å². The lowest BCUT2D eigenvalue weighted by Crippen LogP contribution is -2.14. The number of hydrogen-bond acceptors (Lipinski definition) is 4. The first kappa shape index (κ1) is 26.0. The molecule has 3 aromatic carbocycles. The molecule has 10 heteroatoms. The van der Waals surface area contributed by atoms with Crippen molar-refractivity contribution in [3.63, 3.8) is 0 Å². The highest BCUT2D eigenvalue weighted by molar-refractivity contribution is 9.11. The predicted octanol–water partition coefficient (Wildman–Crippen LogP) is 7.23. The van der Waals surface area contributed by atoms with Gasteiger partial charge in [-0.1, -0.05) is 24.3 Å². The smallest absolute Gasteiger partial charge is 0.416 e. The van der Waals surface area contributed by atoms with Crippen LogP contribution in [0.2, 0.25) is 0 Å². The standard InChI is InChI=1S/C25H14Br2F3N3O2/c26-21-9-15(10-22(27)23(21)35-14-17-5-2-1-4-16(17)12-31)8-18(13-32)24(34)33-20-7-3-6-19(11-20)25(28,29)30/h1-11H,14H2,(H,33,34)/b18-8-. The summed E-state index contributed by atoms with van der Waals surface area (Å²) >= 11 is 6.79. The van der Waals surface area contributed by atoms with E-state index in [1.165, 1.54) is 12.1 Å². The van der Waals surface area contributed by atoms with Crippen LogP contribution in [0.3, 0.4) is 0 Å². The summed E-state index contributed by atoms with van der Waals surface area (Å²) in [6.45, 7) is 0.138. The molecule has 3 rings (SSSR count). The molecule has 0 fully saturated rings. The van der Waals surface area contributed by atoms with Crippen molar-refractivity contribution in [2.45, 2.75) is 12.8 Å². The van der Waals surface area contributed by atoms with E-state index in [0.29, 0.717) is 31.4 Å². The van der Waals surface area contributed by atoms with Crippen LogP contribution in [0.15, 0.2) is 75.2 Å². The van der Waals surface area contributed by atoms with Crippen LogP contribution < -0.4 is 10.1 Å². The van der Waals surface area contributed by atoms with E-state index in [9.17, 15) is 28.5 Å². The molecule has 0 aliphatic heterocycles.